The molecule has 0 aliphatic heterocycles. The lowest BCUT2D eigenvalue weighted by atomic mass is 10.3. The van der Waals surface area contributed by atoms with Gasteiger partial charge in [-0.15, -0.1) is 0 Å². The number of nitrogen functional groups attached to an aromatic ring is 1. The highest BCUT2D eigenvalue weighted by molar-refractivity contribution is 5.59. The number of aromatic nitrogens is 1. The molecule has 2 aromatic rings. The first kappa shape index (κ1) is 13.1. The Labute approximate surface area is 105 Å². The van der Waals surface area contributed by atoms with E-state index in [-0.39, 0.29) is 5.69 Å². The van der Waals surface area contributed by atoms with Gasteiger partial charge in [-0.3, -0.25) is 0 Å². The Hall–Kier alpha value is -2.35. The Bertz CT molecular complexity index is 618. The first-order chi connectivity index (χ1) is 9.01. The number of hydrazine groups is 1. The minimum Gasteiger partial charge on any atom is -0.335 e. The second-order valence-corrected chi connectivity index (χ2v) is 3.54. The topological polar surface area (TPSA) is 63.0 Å². The molecule has 0 bridgehead atoms. The fourth-order valence-corrected chi connectivity index (χ4v) is 1.38. The molecule has 19 heavy (non-hydrogen) atoms. The molecule has 0 atom stereocenters. The predicted octanol–water partition coefficient (Wildman–Crippen LogP) is 2.67. The fourth-order valence-electron chi connectivity index (χ4n) is 1.38. The second kappa shape index (κ2) is 5.11. The van der Waals surface area contributed by atoms with E-state index in [0.717, 1.165) is 18.2 Å². The molecule has 0 saturated carbocycles. The summed E-state index contributed by atoms with van der Waals surface area (Å²) in [6.45, 7) is 0. The Balaban J connectivity index is 2.40. The van der Waals surface area contributed by atoms with Crippen molar-refractivity contribution in [1.82, 2.24) is 4.98 Å². The largest absolute Gasteiger partial charge is 0.335 e. The predicted molar refractivity (Wildman–Crippen MR) is 61.6 cm³/mol. The van der Waals surface area contributed by atoms with E-state index in [2.05, 4.69) is 10.3 Å². The van der Waals surface area contributed by atoms with Crippen LogP contribution in [0.15, 0.2) is 24.3 Å². The number of halogens is 4. The summed E-state index contributed by atoms with van der Waals surface area (Å²) in [5.41, 5.74) is 1.58. The van der Waals surface area contributed by atoms with E-state index in [1.807, 2.05) is 5.43 Å². The fraction of sp³-hybridized carbons (Fsp3) is 0. The summed E-state index contributed by atoms with van der Waals surface area (Å²) < 4.78 is 52.8. The normalized spacial score (nSPS) is 10.4. The van der Waals surface area contributed by atoms with Crippen molar-refractivity contribution in [3.05, 3.63) is 47.5 Å². The van der Waals surface area contributed by atoms with Crippen molar-refractivity contribution in [2.75, 3.05) is 10.7 Å². The zero-order chi connectivity index (χ0) is 14.0. The molecule has 4 nitrogen and oxygen atoms in total. The van der Waals surface area contributed by atoms with Crippen LogP contribution in [0.3, 0.4) is 0 Å². The smallest absolute Gasteiger partial charge is 0.178 e. The van der Waals surface area contributed by atoms with Crippen LogP contribution < -0.4 is 16.6 Å². The number of rotatable bonds is 3. The molecule has 1 aromatic heterocycles. The van der Waals surface area contributed by atoms with E-state index < -0.39 is 34.9 Å². The molecule has 0 unspecified atom stereocenters. The average molecular weight is 272 g/mol. The van der Waals surface area contributed by atoms with Crippen LogP contribution in [0.5, 0.6) is 0 Å². The monoisotopic (exact) mass is 272 g/mol. The van der Waals surface area contributed by atoms with Crippen LogP contribution in [0.25, 0.3) is 0 Å². The molecule has 0 spiro atoms. The minimum absolute atomic E-state index is 0.332. The van der Waals surface area contributed by atoms with E-state index in [1.165, 1.54) is 0 Å². The first-order valence-electron chi connectivity index (χ1n) is 5.06. The Morgan fingerprint density at radius 3 is 2.26 bits per heavy atom. The van der Waals surface area contributed by atoms with Gasteiger partial charge in [-0.2, -0.15) is 0 Å². The molecule has 8 heteroatoms. The van der Waals surface area contributed by atoms with Gasteiger partial charge in [0.1, 0.15) is 11.6 Å². The molecule has 0 amide bonds. The summed E-state index contributed by atoms with van der Waals surface area (Å²) in [5, 5.41) is 2.22. The van der Waals surface area contributed by atoms with Gasteiger partial charge in [0.2, 0.25) is 0 Å². The first-order valence-corrected chi connectivity index (χ1v) is 5.06. The maximum Gasteiger partial charge on any atom is 0.178 e. The molecule has 2 rings (SSSR count). The lowest BCUT2D eigenvalue weighted by Gasteiger charge is -2.10. The van der Waals surface area contributed by atoms with E-state index in [0.29, 0.717) is 6.07 Å². The van der Waals surface area contributed by atoms with Crippen molar-refractivity contribution in [2.45, 2.75) is 0 Å². The molecule has 1 heterocycles. The van der Waals surface area contributed by atoms with Gasteiger partial charge < -0.3 is 10.7 Å². The van der Waals surface area contributed by atoms with E-state index in [4.69, 9.17) is 5.84 Å². The summed E-state index contributed by atoms with van der Waals surface area (Å²) in [4.78, 5) is 3.47. The molecule has 0 aliphatic rings. The van der Waals surface area contributed by atoms with Gasteiger partial charge in [0, 0.05) is 12.1 Å². The lowest BCUT2D eigenvalue weighted by Crippen LogP contribution is -2.12. The number of hydrogen-bond acceptors (Lipinski definition) is 4. The summed E-state index contributed by atoms with van der Waals surface area (Å²) >= 11 is 0. The molecule has 1 aromatic carbocycles. The van der Waals surface area contributed by atoms with Crippen LogP contribution in [-0.4, -0.2) is 4.98 Å². The second-order valence-electron chi connectivity index (χ2n) is 3.54. The third-order valence-electron chi connectivity index (χ3n) is 2.25. The Morgan fingerprint density at radius 2 is 1.58 bits per heavy atom. The number of pyridine rings is 1. The van der Waals surface area contributed by atoms with Gasteiger partial charge >= 0.3 is 0 Å². The maximum atomic E-state index is 13.4. The average Bonchev–Trinajstić information content (AvgIpc) is 2.37. The van der Waals surface area contributed by atoms with Crippen molar-refractivity contribution in [3.63, 3.8) is 0 Å². The molecule has 0 fully saturated rings. The van der Waals surface area contributed by atoms with Crippen LogP contribution >= 0.6 is 0 Å². The zero-order valence-electron chi connectivity index (χ0n) is 9.35. The Morgan fingerprint density at radius 1 is 0.895 bits per heavy atom. The van der Waals surface area contributed by atoms with Crippen LogP contribution in [-0.2, 0) is 0 Å². The molecule has 4 N–H and O–H groups in total. The third kappa shape index (κ3) is 2.74. The highest BCUT2D eigenvalue weighted by Gasteiger charge is 2.13. The number of benzene rings is 1. The van der Waals surface area contributed by atoms with E-state index in [1.54, 1.807) is 0 Å². The van der Waals surface area contributed by atoms with Crippen molar-refractivity contribution in [3.8, 4) is 0 Å². The number of nitrogens with two attached hydrogens (primary N) is 1. The van der Waals surface area contributed by atoms with Crippen LogP contribution in [0.2, 0.25) is 0 Å². The van der Waals surface area contributed by atoms with E-state index in [9.17, 15) is 17.6 Å². The van der Waals surface area contributed by atoms with Gasteiger partial charge in [0.25, 0.3) is 0 Å². The lowest BCUT2D eigenvalue weighted by molar-refractivity contribution is 0.578. The number of hydrogen-bond donors (Lipinski definition) is 3. The molecule has 0 aliphatic carbocycles. The minimum atomic E-state index is -1.07. The molecular weight excluding hydrogens is 264 g/mol. The molecule has 0 radical (unpaired) electrons. The van der Waals surface area contributed by atoms with Gasteiger partial charge in [-0.1, -0.05) is 0 Å². The third-order valence-corrected chi connectivity index (χ3v) is 2.25. The van der Waals surface area contributed by atoms with Crippen LogP contribution in [0.4, 0.5) is 34.9 Å². The van der Waals surface area contributed by atoms with Crippen LogP contribution in [0.1, 0.15) is 0 Å². The zero-order valence-corrected chi connectivity index (χ0v) is 9.35. The van der Waals surface area contributed by atoms with Gasteiger partial charge in [-0.05, 0) is 12.1 Å². The highest BCUT2D eigenvalue weighted by atomic mass is 19.1. The van der Waals surface area contributed by atoms with Crippen LogP contribution in [0, 0.1) is 23.3 Å². The van der Waals surface area contributed by atoms with Gasteiger partial charge in [-0.25, -0.2) is 28.4 Å². The summed E-state index contributed by atoms with van der Waals surface area (Å²) in [6, 6.07) is 3.10. The summed E-state index contributed by atoms with van der Waals surface area (Å²) in [5.74, 6) is 0.455. The molecule has 0 saturated heterocycles. The Kier molecular flexibility index (Phi) is 3.52. The molecule has 100 valence electrons. The van der Waals surface area contributed by atoms with Gasteiger partial charge in [0.15, 0.2) is 23.3 Å². The van der Waals surface area contributed by atoms with Crippen molar-refractivity contribution >= 4 is 17.3 Å². The standard InChI is InChI=1S/C11H8F4N4/c12-5-1-2-6(13)9(3-5)17-10-7(14)4-8(15)11(18-10)19-16/h1-4H,16H2,(H2,17,18,19). The maximum absolute atomic E-state index is 13.4. The SMILES string of the molecule is NNc1nc(Nc2cc(F)ccc2F)c(F)cc1F. The van der Waals surface area contributed by atoms with Crippen molar-refractivity contribution in [2.24, 2.45) is 5.84 Å². The van der Waals surface area contributed by atoms with Crippen molar-refractivity contribution < 1.29 is 17.6 Å². The number of nitrogens with zero attached hydrogens (tertiary/aromatic N) is 1. The van der Waals surface area contributed by atoms with Gasteiger partial charge in [0.05, 0.1) is 5.69 Å². The quantitative estimate of drug-likeness (QED) is 0.456. The van der Waals surface area contributed by atoms with E-state index >= 15 is 0 Å². The molecular formula is C11H8F4N4. The summed E-state index contributed by atoms with van der Waals surface area (Å²) in [7, 11) is 0. The van der Waals surface area contributed by atoms with Crippen molar-refractivity contribution in [1.29, 1.82) is 0 Å². The highest BCUT2D eigenvalue weighted by Crippen LogP contribution is 2.24. The summed E-state index contributed by atoms with van der Waals surface area (Å²) in [6.07, 6.45) is 0. The number of anilines is 3. The number of nitrogens with one attached hydrogen (secondary N) is 2.